The number of rotatable bonds is 7. The van der Waals surface area contributed by atoms with Gasteiger partial charge in [0.25, 0.3) is 5.95 Å². The predicted octanol–water partition coefficient (Wildman–Crippen LogP) is 5.08. The SMILES string of the molecule is CN(c1nc(N)no1)[C@H](COCc1cc(C(F)(F)F)cc(C(F)(F)F)c1)c1ccccc1. The molecule has 0 amide bonds. The second kappa shape index (κ2) is 9.07. The Hall–Kier alpha value is -3.28. The van der Waals surface area contributed by atoms with E-state index >= 15 is 0 Å². The van der Waals surface area contributed by atoms with Gasteiger partial charge in [-0.1, -0.05) is 30.3 Å². The molecule has 0 aliphatic rings. The third-order valence-electron chi connectivity index (χ3n) is 4.58. The average Bonchev–Trinajstić information content (AvgIpc) is 3.16. The first-order valence-corrected chi connectivity index (χ1v) is 9.18. The monoisotopic (exact) mass is 460 g/mol. The van der Waals surface area contributed by atoms with Crippen molar-refractivity contribution in [1.82, 2.24) is 10.1 Å². The zero-order chi connectivity index (χ0) is 23.5. The Bertz CT molecular complexity index is 1000. The molecule has 3 aromatic rings. The third kappa shape index (κ3) is 5.69. The number of nitrogens with zero attached hydrogens (tertiary/aromatic N) is 3. The maximum Gasteiger partial charge on any atom is 0.416 e. The molecule has 6 nitrogen and oxygen atoms in total. The van der Waals surface area contributed by atoms with Crippen LogP contribution in [0.1, 0.15) is 28.3 Å². The van der Waals surface area contributed by atoms with Crippen molar-refractivity contribution in [2.45, 2.75) is 25.0 Å². The summed E-state index contributed by atoms with van der Waals surface area (Å²) in [6, 6.07) is 9.73. The zero-order valence-corrected chi connectivity index (χ0v) is 16.6. The number of hydrogen-bond acceptors (Lipinski definition) is 6. The second-order valence-corrected chi connectivity index (χ2v) is 6.90. The third-order valence-corrected chi connectivity index (χ3v) is 4.58. The van der Waals surface area contributed by atoms with Crippen molar-refractivity contribution in [3.05, 3.63) is 70.8 Å². The Morgan fingerprint density at radius 1 is 1.00 bits per heavy atom. The summed E-state index contributed by atoms with van der Waals surface area (Å²) in [5.74, 6) is -0.0942. The maximum atomic E-state index is 13.1. The fourth-order valence-electron chi connectivity index (χ4n) is 3.00. The molecule has 12 heteroatoms. The van der Waals surface area contributed by atoms with Gasteiger partial charge in [-0.25, -0.2) is 0 Å². The molecule has 172 valence electrons. The highest BCUT2D eigenvalue weighted by atomic mass is 19.4. The molecule has 1 atom stereocenters. The van der Waals surface area contributed by atoms with Gasteiger partial charge in [0.2, 0.25) is 0 Å². The highest BCUT2D eigenvalue weighted by Gasteiger charge is 2.37. The van der Waals surface area contributed by atoms with Crippen LogP contribution in [0.4, 0.5) is 38.3 Å². The Kier molecular flexibility index (Phi) is 6.63. The van der Waals surface area contributed by atoms with E-state index in [1.54, 1.807) is 42.3 Å². The molecule has 0 aliphatic heterocycles. The number of ether oxygens (including phenoxy) is 1. The van der Waals surface area contributed by atoms with Crippen molar-refractivity contribution in [3.8, 4) is 0 Å². The quantitative estimate of drug-likeness (QED) is 0.496. The zero-order valence-electron chi connectivity index (χ0n) is 16.6. The Labute approximate surface area is 178 Å². The fourth-order valence-corrected chi connectivity index (χ4v) is 3.00. The molecule has 0 fully saturated rings. The molecule has 0 radical (unpaired) electrons. The summed E-state index contributed by atoms with van der Waals surface area (Å²) < 4.78 is 88.9. The van der Waals surface area contributed by atoms with Gasteiger partial charge in [-0.05, 0) is 34.5 Å². The Morgan fingerprint density at radius 3 is 2.09 bits per heavy atom. The maximum absolute atomic E-state index is 13.1. The number of alkyl halides is 6. The van der Waals surface area contributed by atoms with Gasteiger partial charge >= 0.3 is 18.4 Å². The fraction of sp³-hybridized carbons (Fsp3) is 0.300. The van der Waals surface area contributed by atoms with Crippen molar-refractivity contribution < 1.29 is 35.6 Å². The van der Waals surface area contributed by atoms with E-state index < -0.39 is 36.1 Å². The van der Waals surface area contributed by atoms with Gasteiger partial charge in [-0.2, -0.15) is 31.3 Å². The summed E-state index contributed by atoms with van der Waals surface area (Å²) in [7, 11) is 1.61. The van der Waals surface area contributed by atoms with E-state index in [1.165, 1.54) is 0 Å². The van der Waals surface area contributed by atoms with Crippen LogP contribution in [-0.2, 0) is 23.7 Å². The molecule has 3 rings (SSSR count). The number of benzene rings is 2. The van der Waals surface area contributed by atoms with Crippen LogP contribution in [0, 0.1) is 0 Å². The van der Waals surface area contributed by atoms with Gasteiger partial charge in [-0.3, -0.25) is 0 Å². The molecular formula is C20H18F6N4O2. The summed E-state index contributed by atoms with van der Waals surface area (Å²) in [6.07, 6.45) is -9.86. The first kappa shape index (κ1) is 23.4. The van der Waals surface area contributed by atoms with Crippen LogP contribution < -0.4 is 10.6 Å². The molecule has 2 aromatic carbocycles. The van der Waals surface area contributed by atoms with Crippen molar-refractivity contribution in [2.75, 3.05) is 24.3 Å². The molecule has 2 N–H and O–H groups in total. The Morgan fingerprint density at radius 2 is 1.59 bits per heavy atom. The van der Waals surface area contributed by atoms with E-state index in [9.17, 15) is 26.3 Å². The molecule has 0 saturated carbocycles. The molecule has 0 bridgehead atoms. The standard InChI is InChI=1S/C20H18F6N4O2/c1-30(18-28-17(27)29-32-18)16(13-5-3-2-4-6-13)11-31-10-12-7-14(19(21,22)23)9-15(8-12)20(24,25)26/h2-9,16H,10-11H2,1H3,(H2,27,29)/t16-/m1/s1. The molecular weight excluding hydrogens is 442 g/mol. The number of nitrogens with two attached hydrogens (primary N) is 1. The van der Waals surface area contributed by atoms with Gasteiger partial charge < -0.3 is 19.9 Å². The van der Waals surface area contributed by atoms with Crippen LogP contribution in [0.2, 0.25) is 0 Å². The summed E-state index contributed by atoms with van der Waals surface area (Å²) in [5, 5.41) is 3.50. The summed E-state index contributed by atoms with van der Waals surface area (Å²) in [6.45, 7) is -0.573. The van der Waals surface area contributed by atoms with E-state index in [1.807, 2.05) is 0 Å². The van der Waals surface area contributed by atoms with Crippen LogP contribution in [0.3, 0.4) is 0 Å². The van der Waals surface area contributed by atoms with E-state index in [-0.39, 0.29) is 30.2 Å². The lowest BCUT2D eigenvalue weighted by atomic mass is 10.0. The highest BCUT2D eigenvalue weighted by molar-refractivity contribution is 5.36. The topological polar surface area (TPSA) is 77.4 Å². The van der Waals surface area contributed by atoms with E-state index in [4.69, 9.17) is 15.0 Å². The molecule has 0 unspecified atom stereocenters. The van der Waals surface area contributed by atoms with Gasteiger partial charge in [0, 0.05) is 7.05 Å². The number of aromatic nitrogens is 2. The first-order chi connectivity index (χ1) is 14.9. The lowest BCUT2D eigenvalue weighted by Crippen LogP contribution is -2.28. The van der Waals surface area contributed by atoms with Crippen molar-refractivity contribution in [1.29, 1.82) is 0 Å². The summed E-state index contributed by atoms with van der Waals surface area (Å²) in [4.78, 5) is 5.47. The van der Waals surface area contributed by atoms with Gasteiger partial charge in [-0.15, -0.1) is 0 Å². The molecule has 0 spiro atoms. The lowest BCUT2D eigenvalue weighted by Gasteiger charge is -2.26. The number of anilines is 2. The van der Waals surface area contributed by atoms with E-state index in [0.717, 1.165) is 5.56 Å². The minimum Gasteiger partial charge on any atom is -0.374 e. The number of halogens is 6. The molecule has 32 heavy (non-hydrogen) atoms. The summed E-state index contributed by atoms with van der Waals surface area (Å²) >= 11 is 0. The first-order valence-electron chi connectivity index (χ1n) is 9.18. The Balaban J connectivity index is 1.81. The normalized spacial score (nSPS) is 13.2. The predicted molar refractivity (Wildman–Crippen MR) is 102 cm³/mol. The van der Waals surface area contributed by atoms with Crippen molar-refractivity contribution in [2.24, 2.45) is 0 Å². The largest absolute Gasteiger partial charge is 0.416 e. The highest BCUT2D eigenvalue weighted by Crippen LogP contribution is 2.36. The van der Waals surface area contributed by atoms with Crippen LogP contribution in [-0.4, -0.2) is 23.8 Å². The van der Waals surface area contributed by atoms with Crippen LogP contribution >= 0.6 is 0 Å². The van der Waals surface area contributed by atoms with Crippen LogP contribution in [0.25, 0.3) is 0 Å². The lowest BCUT2D eigenvalue weighted by molar-refractivity contribution is -0.143. The van der Waals surface area contributed by atoms with Crippen LogP contribution in [0.15, 0.2) is 53.1 Å². The number of likely N-dealkylation sites (N-methyl/N-ethyl adjacent to an activating group) is 1. The van der Waals surface area contributed by atoms with Gasteiger partial charge in [0.05, 0.1) is 30.4 Å². The number of nitrogen functional groups attached to an aromatic ring is 1. The van der Waals surface area contributed by atoms with E-state index in [0.29, 0.717) is 12.1 Å². The molecule has 1 aromatic heterocycles. The van der Waals surface area contributed by atoms with Gasteiger partial charge in [0.15, 0.2) is 0 Å². The minimum atomic E-state index is -4.93. The molecule has 0 saturated heterocycles. The molecule has 0 aliphatic carbocycles. The number of hydrogen-bond donors (Lipinski definition) is 1. The average molecular weight is 460 g/mol. The van der Waals surface area contributed by atoms with Crippen molar-refractivity contribution >= 4 is 12.0 Å². The molecule has 1 heterocycles. The summed E-state index contributed by atoms with van der Waals surface area (Å²) in [5.41, 5.74) is 3.16. The van der Waals surface area contributed by atoms with Crippen molar-refractivity contribution in [3.63, 3.8) is 0 Å². The van der Waals surface area contributed by atoms with Crippen LogP contribution in [0.5, 0.6) is 0 Å². The van der Waals surface area contributed by atoms with Gasteiger partial charge in [0.1, 0.15) is 0 Å². The second-order valence-electron chi connectivity index (χ2n) is 6.90. The van der Waals surface area contributed by atoms with E-state index in [2.05, 4.69) is 10.1 Å². The smallest absolute Gasteiger partial charge is 0.374 e. The minimum absolute atomic E-state index is 0.0679.